The molecule has 3 atom stereocenters. The zero-order valence-corrected chi connectivity index (χ0v) is 10.6. The molecular formula is C15H24O. The van der Waals surface area contributed by atoms with Crippen molar-refractivity contribution in [2.75, 3.05) is 0 Å². The number of hydrogen-bond donors (Lipinski definition) is 0. The van der Waals surface area contributed by atoms with Crippen LogP contribution in [0.25, 0.3) is 0 Å². The van der Waals surface area contributed by atoms with Crippen LogP contribution in [-0.4, -0.2) is 5.60 Å². The van der Waals surface area contributed by atoms with Gasteiger partial charge in [-0.15, -0.1) is 0 Å². The molecule has 0 radical (unpaired) electrons. The lowest BCUT2D eigenvalue weighted by Crippen LogP contribution is -2.57. The van der Waals surface area contributed by atoms with E-state index in [0.29, 0.717) is 0 Å². The molecule has 90 valence electrons. The van der Waals surface area contributed by atoms with Crippen LogP contribution in [0.15, 0.2) is 12.3 Å². The Morgan fingerprint density at radius 2 is 1.88 bits per heavy atom. The normalized spacial score (nSPS) is 50.1. The number of allylic oxidation sites excluding steroid dienone is 1. The van der Waals surface area contributed by atoms with Gasteiger partial charge in [-0.2, -0.15) is 0 Å². The summed E-state index contributed by atoms with van der Waals surface area (Å²) in [6.45, 7) is 4.41. The molecule has 0 aromatic carbocycles. The quantitative estimate of drug-likeness (QED) is 0.649. The molecule has 4 bridgehead atoms. The summed E-state index contributed by atoms with van der Waals surface area (Å²) in [7, 11) is 0. The fraction of sp³-hybridized carbons (Fsp3) is 0.867. The molecule has 0 aromatic heterocycles. The monoisotopic (exact) mass is 220 g/mol. The molecule has 1 heteroatoms. The van der Waals surface area contributed by atoms with Crippen LogP contribution in [0.1, 0.15) is 52.4 Å². The van der Waals surface area contributed by atoms with Crippen molar-refractivity contribution >= 4 is 0 Å². The minimum absolute atomic E-state index is 0.232. The van der Waals surface area contributed by atoms with E-state index in [-0.39, 0.29) is 5.60 Å². The maximum atomic E-state index is 6.21. The minimum atomic E-state index is 0.232. The van der Waals surface area contributed by atoms with E-state index >= 15 is 0 Å². The van der Waals surface area contributed by atoms with E-state index in [4.69, 9.17) is 4.74 Å². The lowest BCUT2D eigenvalue weighted by molar-refractivity contribution is -0.176. The van der Waals surface area contributed by atoms with Gasteiger partial charge in [-0.3, -0.25) is 0 Å². The van der Waals surface area contributed by atoms with Crippen LogP contribution < -0.4 is 0 Å². The summed E-state index contributed by atoms with van der Waals surface area (Å²) in [6.07, 6.45) is 12.5. The first-order chi connectivity index (χ1) is 7.77. The highest BCUT2D eigenvalue weighted by Crippen LogP contribution is 2.60. The Kier molecular flexibility index (Phi) is 2.53. The standard InChI is InChI=1S/C15H24O/c1-3-5-16-15-9-11-6-12(10-15)8-13(7-11)14(15)4-2/h3,5,11-14H,4,6-10H2,1-2H3. The maximum Gasteiger partial charge on any atom is 0.112 e. The van der Waals surface area contributed by atoms with E-state index in [1.54, 1.807) is 0 Å². The highest BCUT2D eigenvalue weighted by molar-refractivity contribution is 5.08. The van der Waals surface area contributed by atoms with Crippen LogP contribution in [0.3, 0.4) is 0 Å². The van der Waals surface area contributed by atoms with Crippen LogP contribution in [0.2, 0.25) is 0 Å². The van der Waals surface area contributed by atoms with Crippen molar-refractivity contribution in [3.05, 3.63) is 12.3 Å². The maximum absolute atomic E-state index is 6.21. The first-order valence-corrected chi connectivity index (χ1v) is 7.06. The van der Waals surface area contributed by atoms with E-state index < -0.39 is 0 Å². The van der Waals surface area contributed by atoms with Crippen molar-refractivity contribution < 1.29 is 4.74 Å². The van der Waals surface area contributed by atoms with Crippen LogP contribution in [0.5, 0.6) is 0 Å². The zero-order chi connectivity index (χ0) is 11.2. The molecule has 0 aliphatic heterocycles. The Hall–Kier alpha value is -0.460. The summed E-state index contributed by atoms with van der Waals surface area (Å²) < 4.78 is 6.21. The molecule has 0 saturated heterocycles. The molecule has 4 saturated carbocycles. The van der Waals surface area contributed by atoms with Crippen molar-refractivity contribution in [1.82, 2.24) is 0 Å². The summed E-state index contributed by atoms with van der Waals surface area (Å²) in [5, 5.41) is 0. The van der Waals surface area contributed by atoms with Crippen molar-refractivity contribution in [2.24, 2.45) is 23.7 Å². The Bertz CT molecular complexity index is 280. The summed E-state index contributed by atoms with van der Waals surface area (Å²) in [4.78, 5) is 0. The third-order valence-corrected chi connectivity index (χ3v) is 5.33. The fourth-order valence-corrected chi connectivity index (χ4v) is 5.16. The lowest BCUT2D eigenvalue weighted by atomic mass is 9.49. The Morgan fingerprint density at radius 3 is 2.44 bits per heavy atom. The predicted octanol–water partition coefficient (Wildman–Crippen LogP) is 4.14. The van der Waals surface area contributed by atoms with Gasteiger partial charge in [-0.25, -0.2) is 0 Å². The van der Waals surface area contributed by atoms with Crippen LogP contribution in [-0.2, 0) is 4.74 Å². The molecule has 0 aromatic rings. The Labute approximate surface area is 99.3 Å². The molecule has 4 aliphatic carbocycles. The number of hydrogen-bond acceptors (Lipinski definition) is 1. The third-order valence-electron chi connectivity index (χ3n) is 5.33. The van der Waals surface area contributed by atoms with E-state index in [1.165, 1.54) is 38.5 Å². The minimum Gasteiger partial charge on any atom is -0.495 e. The SMILES string of the molecule is CC=COC12CC3CC(CC(C3)C1CC)C2. The van der Waals surface area contributed by atoms with Gasteiger partial charge in [0, 0.05) is 5.92 Å². The first-order valence-electron chi connectivity index (χ1n) is 7.06. The summed E-state index contributed by atoms with van der Waals surface area (Å²) in [5.41, 5.74) is 0.232. The second-order valence-corrected chi connectivity index (χ2v) is 6.27. The van der Waals surface area contributed by atoms with E-state index in [1.807, 2.05) is 12.3 Å². The van der Waals surface area contributed by atoms with Gasteiger partial charge >= 0.3 is 0 Å². The fourth-order valence-electron chi connectivity index (χ4n) is 5.16. The van der Waals surface area contributed by atoms with Gasteiger partial charge in [-0.05, 0) is 63.2 Å². The number of ether oxygens (including phenoxy) is 1. The van der Waals surface area contributed by atoms with Gasteiger partial charge in [0.2, 0.25) is 0 Å². The molecule has 16 heavy (non-hydrogen) atoms. The van der Waals surface area contributed by atoms with Crippen molar-refractivity contribution in [3.8, 4) is 0 Å². The largest absolute Gasteiger partial charge is 0.495 e. The molecule has 0 N–H and O–H groups in total. The van der Waals surface area contributed by atoms with Gasteiger partial charge < -0.3 is 4.74 Å². The third kappa shape index (κ3) is 1.43. The molecule has 4 fully saturated rings. The van der Waals surface area contributed by atoms with E-state index in [9.17, 15) is 0 Å². The topological polar surface area (TPSA) is 9.23 Å². The smallest absolute Gasteiger partial charge is 0.112 e. The molecule has 0 heterocycles. The first kappa shape index (κ1) is 10.7. The predicted molar refractivity (Wildman–Crippen MR) is 66.0 cm³/mol. The zero-order valence-electron chi connectivity index (χ0n) is 10.6. The molecule has 1 nitrogen and oxygen atoms in total. The van der Waals surface area contributed by atoms with Crippen LogP contribution in [0.4, 0.5) is 0 Å². The van der Waals surface area contributed by atoms with Crippen molar-refractivity contribution in [2.45, 2.75) is 58.0 Å². The molecule has 4 aliphatic rings. The van der Waals surface area contributed by atoms with Gasteiger partial charge in [0.15, 0.2) is 0 Å². The molecular weight excluding hydrogens is 196 g/mol. The van der Waals surface area contributed by atoms with E-state index in [0.717, 1.165) is 23.7 Å². The average Bonchev–Trinajstić information content (AvgIpc) is 2.25. The number of rotatable bonds is 3. The summed E-state index contributed by atoms with van der Waals surface area (Å²) in [6, 6.07) is 0. The second kappa shape index (κ2) is 3.78. The lowest BCUT2D eigenvalue weighted by Gasteiger charge is -2.60. The highest BCUT2D eigenvalue weighted by Gasteiger charge is 2.57. The van der Waals surface area contributed by atoms with Gasteiger partial charge in [-0.1, -0.05) is 13.0 Å². The average molecular weight is 220 g/mol. The van der Waals surface area contributed by atoms with Gasteiger partial charge in [0.1, 0.15) is 5.60 Å². The molecule has 3 unspecified atom stereocenters. The Balaban J connectivity index is 1.88. The highest BCUT2D eigenvalue weighted by atomic mass is 16.5. The summed E-state index contributed by atoms with van der Waals surface area (Å²) in [5.74, 6) is 3.76. The van der Waals surface area contributed by atoms with Crippen molar-refractivity contribution in [3.63, 3.8) is 0 Å². The van der Waals surface area contributed by atoms with Gasteiger partial charge in [0.05, 0.1) is 6.26 Å². The van der Waals surface area contributed by atoms with E-state index in [2.05, 4.69) is 13.8 Å². The molecule has 0 amide bonds. The van der Waals surface area contributed by atoms with Gasteiger partial charge in [0.25, 0.3) is 0 Å². The molecule has 0 spiro atoms. The van der Waals surface area contributed by atoms with Crippen molar-refractivity contribution in [1.29, 1.82) is 0 Å². The second-order valence-electron chi connectivity index (χ2n) is 6.27. The Morgan fingerprint density at radius 1 is 1.19 bits per heavy atom. The molecule has 4 rings (SSSR count). The van der Waals surface area contributed by atoms with Crippen LogP contribution in [0, 0.1) is 23.7 Å². The summed E-state index contributed by atoms with van der Waals surface area (Å²) >= 11 is 0. The van der Waals surface area contributed by atoms with Crippen LogP contribution >= 0.6 is 0 Å².